The summed E-state index contributed by atoms with van der Waals surface area (Å²) >= 11 is 0. The summed E-state index contributed by atoms with van der Waals surface area (Å²) in [6, 6.07) is 12.1. The number of halogens is 3. The first kappa shape index (κ1) is 22.6. The van der Waals surface area contributed by atoms with Gasteiger partial charge in [0.2, 0.25) is 17.8 Å². The van der Waals surface area contributed by atoms with E-state index in [4.69, 9.17) is 0 Å². The second-order valence-electron chi connectivity index (χ2n) is 8.46. The number of alkyl halides is 3. The molecule has 0 unspecified atom stereocenters. The molecule has 180 valence electrons. The number of hydrogen-bond donors (Lipinski definition) is 3. The Balaban J connectivity index is 1.43. The molecule has 0 spiro atoms. The van der Waals surface area contributed by atoms with E-state index in [0.717, 1.165) is 30.2 Å². The topological polar surface area (TPSA) is 107 Å². The van der Waals surface area contributed by atoms with Crippen LogP contribution in [0.25, 0.3) is 0 Å². The molecular formula is C24H20F3N5O3. The van der Waals surface area contributed by atoms with Crippen LogP contribution in [0.15, 0.2) is 53.3 Å². The summed E-state index contributed by atoms with van der Waals surface area (Å²) in [5, 5.41) is 4.94. The zero-order chi connectivity index (χ0) is 24.7. The summed E-state index contributed by atoms with van der Waals surface area (Å²) in [4.78, 5) is 47.3. The van der Waals surface area contributed by atoms with Crippen molar-refractivity contribution in [1.29, 1.82) is 0 Å². The molecule has 5 rings (SSSR count). The van der Waals surface area contributed by atoms with Crippen molar-refractivity contribution in [3.63, 3.8) is 0 Å². The number of benzene rings is 2. The van der Waals surface area contributed by atoms with E-state index < -0.39 is 35.0 Å². The molecular weight excluding hydrogens is 463 g/mol. The predicted molar refractivity (Wildman–Crippen MR) is 122 cm³/mol. The number of rotatable bonds is 3. The number of anilines is 3. The number of nitrogens with one attached hydrogen (secondary N) is 3. The Labute approximate surface area is 197 Å². The number of amides is 2. The Hall–Kier alpha value is -4.15. The van der Waals surface area contributed by atoms with E-state index in [0.29, 0.717) is 13.1 Å². The third kappa shape index (κ3) is 4.48. The third-order valence-electron chi connectivity index (χ3n) is 6.14. The number of carbonyl (C=O) groups is 2. The van der Waals surface area contributed by atoms with E-state index in [1.807, 2.05) is 29.2 Å². The molecule has 2 aliphatic rings. The van der Waals surface area contributed by atoms with Crippen molar-refractivity contribution < 1.29 is 22.8 Å². The van der Waals surface area contributed by atoms with Gasteiger partial charge in [-0.05, 0) is 35.7 Å². The SMILES string of the molecule is O=C1C[C@H](C(=O)Nc2cccc(C(F)(F)F)c2)c2c(nc(N3CCc4ccccc4C3)[nH]c2=O)N1. The molecule has 35 heavy (non-hydrogen) atoms. The largest absolute Gasteiger partial charge is 0.416 e. The lowest BCUT2D eigenvalue weighted by Gasteiger charge is -2.30. The average molecular weight is 483 g/mol. The summed E-state index contributed by atoms with van der Waals surface area (Å²) < 4.78 is 39.0. The van der Waals surface area contributed by atoms with Gasteiger partial charge in [-0.1, -0.05) is 30.3 Å². The van der Waals surface area contributed by atoms with Crippen LogP contribution in [-0.4, -0.2) is 28.3 Å². The summed E-state index contributed by atoms with van der Waals surface area (Å²) in [6.45, 7) is 1.12. The maximum absolute atomic E-state index is 13.0. The molecule has 3 aromatic rings. The normalized spacial score (nSPS) is 17.3. The van der Waals surface area contributed by atoms with Crippen LogP contribution in [0, 0.1) is 0 Å². The van der Waals surface area contributed by atoms with E-state index in [1.54, 1.807) is 0 Å². The second-order valence-corrected chi connectivity index (χ2v) is 8.46. The zero-order valence-electron chi connectivity index (χ0n) is 18.3. The number of aromatic amines is 1. The molecule has 1 aromatic heterocycles. The number of carbonyl (C=O) groups excluding carboxylic acids is 2. The van der Waals surface area contributed by atoms with Gasteiger partial charge >= 0.3 is 6.18 Å². The van der Waals surface area contributed by atoms with Gasteiger partial charge in [-0.15, -0.1) is 0 Å². The van der Waals surface area contributed by atoms with Gasteiger partial charge in [0.1, 0.15) is 5.82 Å². The highest BCUT2D eigenvalue weighted by Gasteiger charge is 2.36. The lowest BCUT2D eigenvalue weighted by atomic mass is 9.92. The first-order valence-corrected chi connectivity index (χ1v) is 10.9. The molecule has 0 bridgehead atoms. The lowest BCUT2D eigenvalue weighted by Crippen LogP contribution is -2.38. The lowest BCUT2D eigenvalue weighted by molar-refractivity contribution is -0.137. The minimum atomic E-state index is -4.58. The number of hydrogen-bond acceptors (Lipinski definition) is 5. The second kappa shape index (κ2) is 8.57. The number of aromatic nitrogens is 2. The van der Waals surface area contributed by atoms with Crippen LogP contribution in [0.3, 0.4) is 0 Å². The van der Waals surface area contributed by atoms with Crippen molar-refractivity contribution >= 4 is 29.3 Å². The van der Waals surface area contributed by atoms with Crippen molar-refractivity contribution in [2.45, 2.75) is 31.5 Å². The minimum absolute atomic E-state index is 0.0250. The van der Waals surface area contributed by atoms with E-state index in [2.05, 4.69) is 20.6 Å². The van der Waals surface area contributed by atoms with Crippen LogP contribution in [-0.2, 0) is 28.7 Å². The minimum Gasteiger partial charge on any atom is -0.338 e. The van der Waals surface area contributed by atoms with Crippen molar-refractivity contribution in [2.24, 2.45) is 0 Å². The highest BCUT2D eigenvalue weighted by Crippen LogP contribution is 2.33. The molecule has 0 aliphatic carbocycles. The Morgan fingerprint density at radius 3 is 2.63 bits per heavy atom. The van der Waals surface area contributed by atoms with Crippen LogP contribution in [0.4, 0.5) is 30.6 Å². The molecule has 3 N–H and O–H groups in total. The fraction of sp³-hybridized carbons (Fsp3) is 0.250. The molecule has 2 aliphatic heterocycles. The first-order valence-electron chi connectivity index (χ1n) is 10.9. The van der Waals surface area contributed by atoms with E-state index in [9.17, 15) is 27.6 Å². The Morgan fingerprint density at radius 1 is 1.09 bits per heavy atom. The van der Waals surface area contributed by atoms with Gasteiger partial charge in [-0.2, -0.15) is 18.2 Å². The quantitative estimate of drug-likeness (QED) is 0.529. The van der Waals surface area contributed by atoms with Gasteiger partial charge in [0.25, 0.3) is 5.56 Å². The average Bonchev–Trinajstić information content (AvgIpc) is 2.82. The predicted octanol–water partition coefficient (Wildman–Crippen LogP) is 3.42. The van der Waals surface area contributed by atoms with Crippen LogP contribution in [0.2, 0.25) is 0 Å². The molecule has 0 saturated carbocycles. The first-order chi connectivity index (χ1) is 16.7. The number of fused-ring (bicyclic) bond motifs is 2. The fourth-order valence-electron chi connectivity index (χ4n) is 4.41. The van der Waals surface area contributed by atoms with Gasteiger partial charge in [-0.3, -0.25) is 19.4 Å². The molecule has 1 atom stereocenters. The standard InChI is InChI=1S/C24H20F3N5O3/c25-24(26,27)15-6-3-7-16(10-15)28-21(34)17-11-18(33)29-20-19(17)22(35)31-23(30-20)32-9-8-13-4-1-2-5-14(13)12-32/h1-7,10,17H,8-9,11-12H2,(H,28,34)(H2,29,30,31,33,35)/t17-/m0/s1. The summed E-state index contributed by atoms with van der Waals surface area (Å²) in [5.74, 6) is -2.26. The van der Waals surface area contributed by atoms with Crippen molar-refractivity contribution in [2.75, 3.05) is 22.1 Å². The monoisotopic (exact) mass is 483 g/mol. The molecule has 0 fully saturated rings. The molecule has 11 heteroatoms. The molecule has 0 radical (unpaired) electrons. The number of H-pyrrole nitrogens is 1. The maximum atomic E-state index is 13.0. The fourth-order valence-corrected chi connectivity index (χ4v) is 4.41. The van der Waals surface area contributed by atoms with Gasteiger partial charge < -0.3 is 15.5 Å². The van der Waals surface area contributed by atoms with E-state index in [-0.39, 0.29) is 29.4 Å². The highest BCUT2D eigenvalue weighted by atomic mass is 19.4. The molecule has 2 amide bonds. The van der Waals surface area contributed by atoms with Crippen LogP contribution in [0.1, 0.15) is 34.6 Å². The van der Waals surface area contributed by atoms with E-state index in [1.165, 1.54) is 11.6 Å². The Bertz CT molecular complexity index is 1390. The van der Waals surface area contributed by atoms with Gasteiger partial charge in [-0.25, -0.2) is 0 Å². The molecule has 2 aromatic carbocycles. The maximum Gasteiger partial charge on any atom is 0.416 e. The van der Waals surface area contributed by atoms with E-state index >= 15 is 0 Å². The van der Waals surface area contributed by atoms with Crippen LogP contribution >= 0.6 is 0 Å². The Kier molecular flexibility index (Phi) is 5.54. The molecule has 8 nitrogen and oxygen atoms in total. The summed E-state index contributed by atoms with van der Waals surface area (Å²) in [5.41, 5.74) is 0.670. The van der Waals surface area contributed by atoms with Crippen LogP contribution in [0.5, 0.6) is 0 Å². The summed E-state index contributed by atoms with van der Waals surface area (Å²) in [6.07, 6.45) is -4.16. The third-order valence-corrected chi connectivity index (χ3v) is 6.14. The van der Waals surface area contributed by atoms with Crippen LogP contribution < -0.4 is 21.1 Å². The van der Waals surface area contributed by atoms with Gasteiger partial charge in [0, 0.05) is 25.2 Å². The van der Waals surface area contributed by atoms with Gasteiger partial charge in [0.05, 0.1) is 17.0 Å². The van der Waals surface area contributed by atoms with Crippen molar-refractivity contribution in [3.05, 3.63) is 81.1 Å². The summed E-state index contributed by atoms with van der Waals surface area (Å²) in [7, 11) is 0. The van der Waals surface area contributed by atoms with Crippen molar-refractivity contribution in [1.82, 2.24) is 9.97 Å². The van der Waals surface area contributed by atoms with Crippen molar-refractivity contribution in [3.8, 4) is 0 Å². The number of nitrogens with zero attached hydrogens (tertiary/aromatic N) is 2. The molecule has 3 heterocycles. The molecule has 0 saturated heterocycles. The Morgan fingerprint density at radius 2 is 1.86 bits per heavy atom. The smallest absolute Gasteiger partial charge is 0.338 e. The van der Waals surface area contributed by atoms with Gasteiger partial charge in [0.15, 0.2) is 0 Å². The zero-order valence-corrected chi connectivity index (χ0v) is 18.3. The highest BCUT2D eigenvalue weighted by molar-refractivity contribution is 6.04.